The second kappa shape index (κ2) is 5.96. The van der Waals surface area contributed by atoms with Crippen molar-refractivity contribution >= 4 is 21.6 Å². The minimum atomic E-state index is -4.33. The summed E-state index contributed by atoms with van der Waals surface area (Å²) in [6, 6.07) is 4.60. The van der Waals surface area contributed by atoms with Crippen molar-refractivity contribution in [3.05, 3.63) is 28.2 Å². The molecule has 1 aromatic rings. The molecule has 1 aliphatic rings. The molecule has 2 rings (SSSR count). The smallest absolute Gasteiger partial charge is 0.382 e. The Balaban J connectivity index is 2.18. The molecule has 20 heavy (non-hydrogen) atoms. The summed E-state index contributed by atoms with van der Waals surface area (Å²) in [7, 11) is 0. The van der Waals surface area contributed by atoms with Crippen molar-refractivity contribution in [3.63, 3.8) is 0 Å². The van der Waals surface area contributed by atoms with Gasteiger partial charge in [0.2, 0.25) is 0 Å². The molecule has 0 aromatic heterocycles. The van der Waals surface area contributed by atoms with Gasteiger partial charge in [0, 0.05) is 16.2 Å². The fourth-order valence-electron chi connectivity index (χ4n) is 2.83. The Kier molecular flexibility index (Phi) is 4.67. The molecule has 0 radical (unpaired) electrons. The molecule has 5 heteroatoms. The molecule has 1 aromatic carbocycles. The number of hydrogen-bond donors (Lipinski definition) is 1. The van der Waals surface area contributed by atoms with Crippen LogP contribution in [0, 0.1) is 11.8 Å². The highest BCUT2D eigenvalue weighted by molar-refractivity contribution is 9.10. The zero-order chi connectivity index (χ0) is 14.9. The monoisotopic (exact) mass is 349 g/mol. The van der Waals surface area contributed by atoms with Crippen molar-refractivity contribution in [2.24, 2.45) is 11.8 Å². The highest BCUT2D eigenvalue weighted by atomic mass is 79.9. The van der Waals surface area contributed by atoms with Crippen LogP contribution < -0.4 is 5.32 Å². The summed E-state index contributed by atoms with van der Waals surface area (Å²) < 4.78 is 38.7. The lowest BCUT2D eigenvalue weighted by Gasteiger charge is -2.35. The topological polar surface area (TPSA) is 12.0 Å². The Morgan fingerprint density at radius 3 is 2.55 bits per heavy atom. The molecule has 112 valence electrons. The first-order valence-corrected chi connectivity index (χ1v) is 7.71. The molecule has 1 aliphatic carbocycles. The molecule has 0 spiro atoms. The van der Waals surface area contributed by atoms with Gasteiger partial charge in [-0.2, -0.15) is 13.2 Å². The van der Waals surface area contributed by atoms with Gasteiger partial charge in [0.1, 0.15) is 0 Å². The van der Waals surface area contributed by atoms with Crippen molar-refractivity contribution in [1.82, 2.24) is 0 Å². The number of anilines is 1. The van der Waals surface area contributed by atoms with Crippen LogP contribution in [0.3, 0.4) is 0 Å². The van der Waals surface area contributed by atoms with Crippen LogP contribution in [0.1, 0.15) is 38.7 Å². The van der Waals surface area contributed by atoms with Gasteiger partial charge in [-0.3, -0.25) is 0 Å². The second-order valence-electron chi connectivity index (χ2n) is 5.71. The zero-order valence-electron chi connectivity index (χ0n) is 11.6. The molecule has 0 saturated heterocycles. The predicted molar refractivity (Wildman–Crippen MR) is 78.7 cm³/mol. The van der Waals surface area contributed by atoms with Gasteiger partial charge in [0.05, 0.1) is 5.56 Å². The first-order valence-electron chi connectivity index (χ1n) is 6.92. The van der Waals surface area contributed by atoms with Crippen molar-refractivity contribution in [2.45, 2.75) is 45.3 Å². The van der Waals surface area contributed by atoms with E-state index in [1.54, 1.807) is 6.07 Å². The van der Waals surface area contributed by atoms with E-state index in [1.165, 1.54) is 18.6 Å². The van der Waals surface area contributed by atoms with E-state index in [-0.39, 0.29) is 10.5 Å². The molecule has 1 nitrogen and oxygen atoms in total. The zero-order valence-corrected chi connectivity index (χ0v) is 13.2. The lowest BCUT2D eigenvalue weighted by Crippen LogP contribution is -2.35. The van der Waals surface area contributed by atoms with Crippen molar-refractivity contribution in [1.29, 1.82) is 0 Å². The van der Waals surface area contributed by atoms with Gasteiger partial charge in [-0.25, -0.2) is 0 Å². The third-order valence-electron chi connectivity index (χ3n) is 4.33. The molecule has 0 aliphatic heterocycles. The van der Waals surface area contributed by atoms with Gasteiger partial charge in [-0.1, -0.05) is 42.6 Å². The van der Waals surface area contributed by atoms with Crippen molar-refractivity contribution in [3.8, 4) is 0 Å². The van der Waals surface area contributed by atoms with Gasteiger partial charge >= 0.3 is 6.18 Å². The Bertz CT molecular complexity index is 473. The Morgan fingerprint density at radius 1 is 1.20 bits per heavy atom. The molecule has 0 heterocycles. The first-order chi connectivity index (χ1) is 9.29. The molecule has 1 N–H and O–H groups in total. The number of halogens is 4. The van der Waals surface area contributed by atoms with Crippen LogP contribution in [0.4, 0.5) is 18.9 Å². The van der Waals surface area contributed by atoms with Gasteiger partial charge < -0.3 is 5.32 Å². The van der Waals surface area contributed by atoms with Gasteiger partial charge in [0.25, 0.3) is 0 Å². The molecule has 0 amide bonds. The Labute approximate surface area is 126 Å². The van der Waals surface area contributed by atoms with Gasteiger partial charge in [-0.05, 0) is 36.5 Å². The third kappa shape index (κ3) is 3.48. The van der Waals surface area contributed by atoms with E-state index >= 15 is 0 Å². The minimum absolute atomic E-state index is 0.0839. The maximum Gasteiger partial charge on any atom is 0.417 e. The van der Waals surface area contributed by atoms with Crippen LogP contribution in [0.5, 0.6) is 0 Å². The van der Waals surface area contributed by atoms with E-state index in [0.29, 0.717) is 17.5 Å². The quantitative estimate of drug-likeness (QED) is 0.721. The Hall–Kier alpha value is -0.710. The number of benzene rings is 1. The highest BCUT2D eigenvalue weighted by Crippen LogP contribution is 2.37. The molecule has 0 bridgehead atoms. The molecule has 3 unspecified atom stereocenters. The summed E-state index contributed by atoms with van der Waals surface area (Å²) in [4.78, 5) is 0. The van der Waals surface area contributed by atoms with E-state index in [0.717, 1.165) is 12.8 Å². The number of hydrogen-bond acceptors (Lipinski definition) is 1. The summed E-state index contributed by atoms with van der Waals surface area (Å²) in [5, 5.41) is 3.28. The molecule has 1 fully saturated rings. The Morgan fingerprint density at radius 2 is 1.90 bits per heavy atom. The first kappa shape index (κ1) is 15.7. The SMILES string of the molecule is CC1CCCC(Nc2ccc(Br)c(C(F)(F)F)c2)C1C. The second-order valence-corrected chi connectivity index (χ2v) is 6.56. The van der Waals surface area contributed by atoms with Crippen LogP contribution in [0.15, 0.2) is 22.7 Å². The number of rotatable bonds is 2. The lowest BCUT2D eigenvalue weighted by atomic mass is 9.78. The number of nitrogens with one attached hydrogen (secondary N) is 1. The fraction of sp³-hybridized carbons (Fsp3) is 0.600. The van der Waals surface area contributed by atoms with Gasteiger partial charge in [0.15, 0.2) is 0 Å². The lowest BCUT2D eigenvalue weighted by molar-refractivity contribution is -0.138. The van der Waals surface area contributed by atoms with Crippen LogP contribution >= 0.6 is 15.9 Å². The number of alkyl halides is 3. The molecular formula is C15H19BrF3N. The summed E-state index contributed by atoms with van der Waals surface area (Å²) in [5.74, 6) is 1.08. The average Bonchev–Trinajstić information content (AvgIpc) is 2.36. The maximum absolute atomic E-state index is 12.9. The predicted octanol–water partition coefficient (Wildman–Crippen LogP) is 5.70. The van der Waals surface area contributed by atoms with E-state index in [4.69, 9.17) is 0 Å². The van der Waals surface area contributed by atoms with Crippen LogP contribution in [-0.2, 0) is 6.18 Å². The van der Waals surface area contributed by atoms with Crippen LogP contribution in [-0.4, -0.2) is 6.04 Å². The van der Waals surface area contributed by atoms with Crippen molar-refractivity contribution in [2.75, 3.05) is 5.32 Å². The summed E-state index contributed by atoms with van der Waals surface area (Å²) >= 11 is 2.97. The normalized spacial score (nSPS) is 27.4. The third-order valence-corrected chi connectivity index (χ3v) is 5.02. The average molecular weight is 350 g/mol. The standard InChI is InChI=1S/C15H19BrF3N/c1-9-4-3-5-14(10(9)2)20-11-6-7-13(16)12(8-11)15(17,18)19/h6-10,14,20H,3-5H2,1-2H3. The molecule has 3 atom stereocenters. The fourth-order valence-corrected chi connectivity index (χ4v) is 3.30. The van der Waals surface area contributed by atoms with E-state index in [1.807, 2.05) is 0 Å². The summed E-state index contributed by atoms with van der Waals surface area (Å²) in [6.45, 7) is 4.38. The summed E-state index contributed by atoms with van der Waals surface area (Å²) in [5.41, 5.74) is -0.0783. The van der Waals surface area contributed by atoms with Crippen LogP contribution in [0.2, 0.25) is 0 Å². The summed E-state index contributed by atoms with van der Waals surface area (Å²) in [6.07, 6.45) is -0.982. The largest absolute Gasteiger partial charge is 0.417 e. The van der Waals surface area contributed by atoms with Crippen LogP contribution in [0.25, 0.3) is 0 Å². The van der Waals surface area contributed by atoms with E-state index in [2.05, 4.69) is 35.1 Å². The minimum Gasteiger partial charge on any atom is -0.382 e. The molecule has 1 saturated carbocycles. The molecular weight excluding hydrogens is 331 g/mol. The highest BCUT2D eigenvalue weighted by Gasteiger charge is 2.33. The van der Waals surface area contributed by atoms with E-state index < -0.39 is 11.7 Å². The maximum atomic E-state index is 12.9. The van der Waals surface area contributed by atoms with Crippen molar-refractivity contribution < 1.29 is 13.2 Å². The van der Waals surface area contributed by atoms with Gasteiger partial charge in [-0.15, -0.1) is 0 Å². The van der Waals surface area contributed by atoms with E-state index in [9.17, 15) is 13.2 Å².